The van der Waals surface area contributed by atoms with E-state index in [1.54, 1.807) is 0 Å². The number of hydrogen-bond acceptors (Lipinski definition) is 2. The highest BCUT2D eigenvalue weighted by Gasteiger charge is 2.22. The quantitative estimate of drug-likeness (QED) is 0.851. The van der Waals surface area contributed by atoms with Crippen molar-refractivity contribution in [2.24, 2.45) is 5.92 Å². The second kappa shape index (κ2) is 5.31. The molecule has 1 unspecified atom stereocenters. The number of halogens is 3. The Morgan fingerprint density at radius 1 is 1.59 bits per heavy atom. The van der Waals surface area contributed by atoms with E-state index in [1.807, 2.05) is 0 Å². The van der Waals surface area contributed by atoms with Crippen molar-refractivity contribution in [3.05, 3.63) is 28.3 Å². The van der Waals surface area contributed by atoms with E-state index in [1.165, 1.54) is 14.0 Å². The van der Waals surface area contributed by atoms with Gasteiger partial charge in [0, 0.05) is 5.56 Å². The summed E-state index contributed by atoms with van der Waals surface area (Å²) in [6, 6.07) is 0.796. The first kappa shape index (κ1) is 13.7. The number of carboxylic acid groups (broad SMARTS) is 1. The van der Waals surface area contributed by atoms with Crippen LogP contribution in [0.5, 0.6) is 5.75 Å². The van der Waals surface area contributed by atoms with Crippen LogP contribution in [0.3, 0.4) is 0 Å². The third kappa shape index (κ3) is 2.85. The lowest BCUT2D eigenvalue weighted by Crippen LogP contribution is -2.14. The third-order valence-corrected chi connectivity index (χ3v) is 2.63. The van der Waals surface area contributed by atoms with Crippen LogP contribution in [-0.2, 0) is 11.2 Å². The van der Waals surface area contributed by atoms with Gasteiger partial charge in [0.05, 0.1) is 18.1 Å². The first-order chi connectivity index (χ1) is 7.88. The highest BCUT2D eigenvalue weighted by Crippen LogP contribution is 2.32. The molecule has 1 N–H and O–H groups in total. The number of methoxy groups -OCH3 is 1. The first-order valence-electron chi connectivity index (χ1n) is 4.81. The zero-order chi connectivity index (χ0) is 13.2. The molecule has 0 saturated heterocycles. The van der Waals surface area contributed by atoms with Gasteiger partial charge in [0.2, 0.25) is 0 Å². The summed E-state index contributed by atoms with van der Waals surface area (Å²) < 4.78 is 31.8. The van der Waals surface area contributed by atoms with Crippen molar-refractivity contribution >= 4 is 17.6 Å². The second-order valence-corrected chi connectivity index (χ2v) is 4.02. The van der Waals surface area contributed by atoms with Gasteiger partial charge in [0.1, 0.15) is 5.82 Å². The minimum atomic E-state index is -1.10. The number of benzene rings is 1. The van der Waals surface area contributed by atoms with Crippen molar-refractivity contribution < 1.29 is 23.4 Å². The Bertz CT molecular complexity index is 449. The van der Waals surface area contributed by atoms with Gasteiger partial charge < -0.3 is 9.84 Å². The van der Waals surface area contributed by atoms with E-state index in [2.05, 4.69) is 0 Å². The first-order valence-corrected chi connectivity index (χ1v) is 5.19. The molecule has 94 valence electrons. The summed E-state index contributed by atoms with van der Waals surface area (Å²) in [7, 11) is 1.18. The largest absolute Gasteiger partial charge is 0.493 e. The zero-order valence-corrected chi connectivity index (χ0v) is 10.0. The van der Waals surface area contributed by atoms with Gasteiger partial charge in [-0.15, -0.1) is 0 Å². The van der Waals surface area contributed by atoms with Gasteiger partial charge in [-0.05, 0) is 12.5 Å². The Balaban J connectivity index is 3.25. The lowest BCUT2D eigenvalue weighted by molar-refractivity contribution is -0.141. The molecular weight excluding hydrogens is 254 g/mol. The summed E-state index contributed by atoms with van der Waals surface area (Å²) in [5.41, 5.74) is -0.160. The predicted molar refractivity (Wildman–Crippen MR) is 58.4 cm³/mol. The normalized spacial score (nSPS) is 12.3. The van der Waals surface area contributed by atoms with Gasteiger partial charge in [-0.3, -0.25) is 4.79 Å². The molecule has 0 aromatic heterocycles. The van der Waals surface area contributed by atoms with Crippen LogP contribution in [-0.4, -0.2) is 18.2 Å². The summed E-state index contributed by atoms with van der Waals surface area (Å²) in [6.07, 6.45) is -0.193. The van der Waals surface area contributed by atoms with Crippen LogP contribution in [0.1, 0.15) is 12.5 Å². The van der Waals surface area contributed by atoms with E-state index < -0.39 is 28.5 Å². The minimum Gasteiger partial charge on any atom is -0.493 e. The topological polar surface area (TPSA) is 46.5 Å². The van der Waals surface area contributed by atoms with Crippen molar-refractivity contribution in [2.75, 3.05) is 7.11 Å². The van der Waals surface area contributed by atoms with E-state index in [0.717, 1.165) is 6.07 Å². The van der Waals surface area contributed by atoms with Gasteiger partial charge in [0.15, 0.2) is 11.6 Å². The molecule has 0 heterocycles. The van der Waals surface area contributed by atoms with Crippen LogP contribution in [0.4, 0.5) is 8.78 Å². The van der Waals surface area contributed by atoms with E-state index in [9.17, 15) is 13.6 Å². The van der Waals surface area contributed by atoms with E-state index in [-0.39, 0.29) is 17.7 Å². The van der Waals surface area contributed by atoms with Crippen molar-refractivity contribution in [3.8, 4) is 5.75 Å². The monoisotopic (exact) mass is 264 g/mol. The number of aliphatic carboxylic acids is 1. The molecule has 0 aliphatic rings. The standard InChI is InChI=1S/C11H11ClF2O3/c1-5(11(15)16)3-6-9(14)7(12)4-8(13)10(6)17-2/h4-5H,3H2,1-2H3,(H,15,16). The zero-order valence-electron chi connectivity index (χ0n) is 9.26. The van der Waals surface area contributed by atoms with Gasteiger partial charge >= 0.3 is 5.97 Å². The molecule has 1 aromatic carbocycles. The summed E-state index contributed by atoms with van der Waals surface area (Å²) >= 11 is 5.49. The lowest BCUT2D eigenvalue weighted by Gasteiger charge is -2.13. The Labute approximate surface area is 102 Å². The van der Waals surface area contributed by atoms with Crippen LogP contribution in [0.25, 0.3) is 0 Å². The van der Waals surface area contributed by atoms with E-state index >= 15 is 0 Å². The van der Waals surface area contributed by atoms with Crippen LogP contribution < -0.4 is 4.74 Å². The molecule has 0 radical (unpaired) electrons. The number of carboxylic acids is 1. The molecule has 3 nitrogen and oxygen atoms in total. The van der Waals surface area contributed by atoms with E-state index in [4.69, 9.17) is 21.4 Å². The third-order valence-electron chi connectivity index (χ3n) is 2.36. The Kier molecular flexibility index (Phi) is 4.28. The van der Waals surface area contributed by atoms with Crippen LogP contribution in [0.15, 0.2) is 6.07 Å². The Hall–Kier alpha value is -1.36. The maximum atomic E-state index is 13.7. The molecular formula is C11H11ClF2O3. The fourth-order valence-corrected chi connectivity index (χ4v) is 1.63. The summed E-state index contributed by atoms with van der Waals surface area (Å²) in [5, 5.41) is 8.35. The lowest BCUT2D eigenvalue weighted by atomic mass is 9.99. The molecule has 0 fully saturated rings. The Morgan fingerprint density at radius 2 is 2.18 bits per heavy atom. The fraction of sp³-hybridized carbons (Fsp3) is 0.364. The molecule has 0 bridgehead atoms. The average Bonchev–Trinajstić information content (AvgIpc) is 2.25. The molecule has 0 aliphatic heterocycles. The maximum Gasteiger partial charge on any atom is 0.306 e. The fourth-order valence-electron chi connectivity index (χ4n) is 1.42. The maximum absolute atomic E-state index is 13.7. The summed E-state index contributed by atoms with van der Waals surface area (Å²) in [5.74, 6) is -3.94. The SMILES string of the molecule is COc1c(F)cc(Cl)c(F)c1CC(C)C(=O)O. The number of hydrogen-bond donors (Lipinski definition) is 1. The highest BCUT2D eigenvalue weighted by atomic mass is 35.5. The predicted octanol–water partition coefficient (Wildman–Crippen LogP) is 2.89. The summed E-state index contributed by atoms with van der Waals surface area (Å²) in [6.45, 7) is 1.39. The van der Waals surface area contributed by atoms with E-state index in [0.29, 0.717) is 0 Å². The molecule has 0 amide bonds. The molecule has 1 aromatic rings. The van der Waals surface area contributed by atoms with Crippen molar-refractivity contribution in [2.45, 2.75) is 13.3 Å². The van der Waals surface area contributed by atoms with Crippen LogP contribution in [0, 0.1) is 17.6 Å². The van der Waals surface area contributed by atoms with Gasteiger partial charge in [0.25, 0.3) is 0 Å². The molecule has 1 rings (SSSR count). The molecule has 0 spiro atoms. The van der Waals surface area contributed by atoms with Crippen molar-refractivity contribution in [1.29, 1.82) is 0 Å². The van der Waals surface area contributed by atoms with Crippen molar-refractivity contribution in [3.63, 3.8) is 0 Å². The highest BCUT2D eigenvalue weighted by molar-refractivity contribution is 6.30. The van der Waals surface area contributed by atoms with Crippen molar-refractivity contribution in [1.82, 2.24) is 0 Å². The molecule has 6 heteroatoms. The minimum absolute atomic E-state index is 0.160. The summed E-state index contributed by atoms with van der Waals surface area (Å²) in [4.78, 5) is 10.7. The smallest absolute Gasteiger partial charge is 0.306 e. The van der Waals surface area contributed by atoms with Gasteiger partial charge in [-0.1, -0.05) is 18.5 Å². The number of ether oxygens (including phenoxy) is 1. The molecule has 0 saturated carbocycles. The van der Waals surface area contributed by atoms with Gasteiger partial charge in [-0.25, -0.2) is 8.78 Å². The molecule has 1 atom stereocenters. The average molecular weight is 265 g/mol. The van der Waals surface area contributed by atoms with Crippen LogP contribution >= 0.6 is 11.6 Å². The second-order valence-electron chi connectivity index (χ2n) is 3.61. The van der Waals surface area contributed by atoms with Gasteiger partial charge in [-0.2, -0.15) is 0 Å². The molecule has 17 heavy (non-hydrogen) atoms. The number of carbonyl (C=O) groups is 1. The number of rotatable bonds is 4. The Morgan fingerprint density at radius 3 is 2.65 bits per heavy atom. The van der Waals surface area contributed by atoms with Crippen LogP contribution in [0.2, 0.25) is 5.02 Å². The molecule has 0 aliphatic carbocycles.